The van der Waals surface area contributed by atoms with E-state index in [1.165, 1.54) is 12.3 Å². The number of nitrogens with zero attached hydrogens (tertiary/aromatic N) is 4. The first-order valence-corrected chi connectivity index (χ1v) is 8.90. The van der Waals surface area contributed by atoms with Gasteiger partial charge in [0.2, 0.25) is 0 Å². The van der Waals surface area contributed by atoms with Gasteiger partial charge in [-0.1, -0.05) is 27.7 Å². The zero-order chi connectivity index (χ0) is 19.5. The minimum Gasteiger partial charge on any atom is -0.363 e. The van der Waals surface area contributed by atoms with Crippen molar-refractivity contribution in [3.63, 3.8) is 0 Å². The Morgan fingerprint density at radius 3 is 2.35 bits per heavy atom. The SMILES string of the molecule is CC.Cc1nccc(-c2ccc(N3CC3CC(C)C)c(C(F)(F)F)n2)n1. The molecule has 26 heavy (non-hydrogen) atoms. The van der Waals surface area contributed by atoms with E-state index in [1.54, 1.807) is 24.0 Å². The van der Waals surface area contributed by atoms with Gasteiger partial charge >= 0.3 is 6.18 Å². The van der Waals surface area contributed by atoms with Crippen LogP contribution in [0.1, 0.15) is 45.6 Å². The molecule has 0 saturated carbocycles. The molecule has 1 atom stereocenters. The van der Waals surface area contributed by atoms with Crippen molar-refractivity contribution in [2.24, 2.45) is 5.92 Å². The number of aryl methyl sites for hydroxylation is 1. The molecule has 7 heteroatoms. The van der Waals surface area contributed by atoms with Crippen molar-refractivity contribution in [1.29, 1.82) is 0 Å². The van der Waals surface area contributed by atoms with Gasteiger partial charge in [-0.05, 0) is 37.5 Å². The molecule has 0 radical (unpaired) electrons. The van der Waals surface area contributed by atoms with E-state index in [1.807, 2.05) is 13.8 Å². The first-order valence-electron chi connectivity index (χ1n) is 8.90. The van der Waals surface area contributed by atoms with E-state index in [0.717, 1.165) is 6.42 Å². The van der Waals surface area contributed by atoms with Gasteiger partial charge in [0, 0.05) is 18.8 Å². The molecule has 1 unspecified atom stereocenters. The van der Waals surface area contributed by atoms with E-state index >= 15 is 0 Å². The molecule has 2 aromatic rings. The summed E-state index contributed by atoms with van der Waals surface area (Å²) in [5, 5.41) is 0. The molecular weight excluding hydrogens is 341 g/mol. The van der Waals surface area contributed by atoms with Crippen LogP contribution in [0.4, 0.5) is 18.9 Å². The Labute approximate surface area is 152 Å². The topological polar surface area (TPSA) is 41.7 Å². The van der Waals surface area contributed by atoms with E-state index in [-0.39, 0.29) is 17.4 Å². The lowest BCUT2D eigenvalue weighted by atomic mass is 10.1. The second-order valence-corrected chi connectivity index (χ2v) is 6.49. The van der Waals surface area contributed by atoms with Crippen LogP contribution in [0.25, 0.3) is 11.4 Å². The summed E-state index contributed by atoms with van der Waals surface area (Å²) in [4.78, 5) is 13.8. The van der Waals surface area contributed by atoms with Gasteiger partial charge in [0.15, 0.2) is 5.69 Å². The fourth-order valence-electron chi connectivity index (χ4n) is 2.85. The van der Waals surface area contributed by atoms with Crippen LogP contribution in [-0.4, -0.2) is 27.5 Å². The van der Waals surface area contributed by atoms with Crippen molar-refractivity contribution < 1.29 is 13.2 Å². The van der Waals surface area contributed by atoms with Crippen molar-refractivity contribution in [3.05, 3.63) is 35.9 Å². The summed E-state index contributed by atoms with van der Waals surface area (Å²) in [5.74, 6) is 0.945. The Kier molecular flexibility index (Phi) is 6.21. The average Bonchev–Trinajstić information content (AvgIpc) is 3.33. The van der Waals surface area contributed by atoms with Gasteiger partial charge in [-0.2, -0.15) is 13.2 Å². The largest absolute Gasteiger partial charge is 0.435 e. The van der Waals surface area contributed by atoms with Crippen molar-refractivity contribution in [3.8, 4) is 11.4 Å². The first kappa shape index (κ1) is 20.1. The second kappa shape index (κ2) is 8.01. The smallest absolute Gasteiger partial charge is 0.363 e. The quantitative estimate of drug-likeness (QED) is 0.704. The number of rotatable bonds is 4. The highest BCUT2D eigenvalue weighted by atomic mass is 19.4. The van der Waals surface area contributed by atoms with Crippen molar-refractivity contribution in [2.45, 2.75) is 53.3 Å². The molecule has 0 spiro atoms. The molecule has 0 aliphatic carbocycles. The Morgan fingerprint density at radius 2 is 1.77 bits per heavy atom. The van der Waals surface area contributed by atoms with Gasteiger partial charge in [-0.15, -0.1) is 0 Å². The van der Waals surface area contributed by atoms with E-state index in [0.29, 0.717) is 24.0 Å². The molecule has 3 heterocycles. The monoisotopic (exact) mass is 366 g/mol. The third kappa shape index (κ3) is 4.71. The molecule has 3 rings (SSSR count). The maximum atomic E-state index is 13.5. The Balaban J connectivity index is 0.00000117. The van der Waals surface area contributed by atoms with E-state index in [4.69, 9.17) is 0 Å². The number of alkyl halides is 3. The van der Waals surface area contributed by atoms with Crippen LogP contribution in [0.3, 0.4) is 0 Å². The van der Waals surface area contributed by atoms with Crippen LogP contribution in [-0.2, 0) is 6.18 Å². The fraction of sp³-hybridized carbons (Fsp3) is 0.526. The third-order valence-corrected chi connectivity index (χ3v) is 3.95. The minimum absolute atomic E-state index is 0.155. The van der Waals surface area contributed by atoms with E-state index < -0.39 is 11.9 Å². The number of anilines is 1. The predicted octanol–water partition coefficient (Wildman–Crippen LogP) is 5.13. The van der Waals surface area contributed by atoms with Gasteiger partial charge in [-0.3, -0.25) is 0 Å². The average molecular weight is 366 g/mol. The van der Waals surface area contributed by atoms with Gasteiger partial charge in [0.1, 0.15) is 5.82 Å². The highest BCUT2D eigenvalue weighted by Gasteiger charge is 2.43. The molecule has 0 N–H and O–H groups in total. The van der Waals surface area contributed by atoms with Gasteiger partial charge in [0.25, 0.3) is 0 Å². The first-order chi connectivity index (χ1) is 12.3. The number of halogens is 3. The predicted molar refractivity (Wildman–Crippen MR) is 96.9 cm³/mol. The lowest BCUT2D eigenvalue weighted by Crippen LogP contribution is -2.14. The lowest BCUT2D eigenvalue weighted by Gasteiger charge is -2.15. The highest BCUT2D eigenvalue weighted by molar-refractivity contribution is 5.64. The summed E-state index contributed by atoms with van der Waals surface area (Å²) in [7, 11) is 0. The molecule has 0 bridgehead atoms. The summed E-state index contributed by atoms with van der Waals surface area (Å²) in [6.07, 6.45) is -2.11. The zero-order valence-electron chi connectivity index (χ0n) is 15.8. The fourth-order valence-corrected chi connectivity index (χ4v) is 2.85. The third-order valence-electron chi connectivity index (χ3n) is 3.95. The summed E-state index contributed by atoms with van der Waals surface area (Å²) >= 11 is 0. The maximum Gasteiger partial charge on any atom is 0.435 e. The molecule has 2 aromatic heterocycles. The lowest BCUT2D eigenvalue weighted by molar-refractivity contribution is -0.140. The van der Waals surface area contributed by atoms with Crippen molar-refractivity contribution in [2.75, 3.05) is 11.4 Å². The van der Waals surface area contributed by atoms with Gasteiger partial charge in [0.05, 0.1) is 17.1 Å². The molecule has 1 fully saturated rings. The summed E-state index contributed by atoms with van der Waals surface area (Å²) in [5.41, 5.74) is -0.0897. The van der Waals surface area contributed by atoms with Gasteiger partial charge < -0.3 is 4.90 Å². The molecule has 1 aliphatic rings. The van der Waals surface area contributed by atoms with Crippen LogP contribution in [0.15, 0.2) is 24.4 Å². The van der Waals surface area contributed by atoms with Crippen LogP contribution >= 0.6 is 0 Å². The number of pyridine rings is 1. The summed E-state index contributed by atoms with van der Waals surface area (Å²) < 4.78 is 40.4. The van der Waals surface area contributed by atoms with E-state index in [9.17, 15) is 13.2 Å². The molecule has 1 aliphatic heterocycles. The molecule has 142 valence electrons. The standard InChI is InChI=1S/C17H19F3N4.C2H6/c1-10(2)8-12-9-24(12)15-5-4-13(23-16(15)17(18,19)20)14-6-7-21-11(3)22-14;1-2/h4-7,10,12H,8-9H2,1-3H3;1-2H3. The minimum atomic E-state index is -4.50. The van der Waals surface area contributed by atoms with Gasteiger partial charge in [-0.25, -0.2) is 15.0 Å². The molecule has 1 saturated heterocycles. The van der Waals surface area contributed by atoms with E-state index in [2.05, 4.69) is 28.8 Å². The Bertz CT molecular complexity index is 744. The Hall–Kier alpha value is -2.18. The van der Waals surface area contributed by atoms with Crippen molar-refractivity contribution >= 4 is 5.69 Å². The molecule has 0 aromatic carbocycles. The van der Waals surface area contributed by atoms with Crippen LogP contribution in [0.5, 0.6) is 0 Å². The molecule has 0 amide bonds. The zero-order valence-corrected chi connectivity index (χ0v) is 15.8. The normalized spacial score (nSPS) is 16.3. The van der Waals surface area contributed by atoms with Crippen LogP contribution < -0.4 is 4.90 Å². The number of hydrogen-bond donors (Lipinski definition) is 0. The molecular formula is C19H25F3N4. The maximum absolute atomic E-state index is 13.5. The van der Waals surface area contributed by atoms with Crippen LogP contribution in [0.2, 0.25) is 0 Å². The number of aromatic nitrogens is 3. The summed E-state index contributed by atoms with van der Waals surface area (Å²) in [6.45, 7) is 10.5. The molecule has 4 nitrogen and oxygen atoms in total. The summed E-state index contributed by atoms with van der Waals surface area (Å²) in [6, 6.07) is 4.83. The van der Waals surface area contributed by atoms with Crippen molar-refractivity contribution in [1.82, 2.24) is 15.0 Å². The highest BCUT2D eigenvalue weighted by Crippen LogP contribution is 2.41. The second-order valence-electron chi connectivity index (χ2n) is 6.49. The van der Waals surface area contributed by atoms with Crippen LogP contribution in [0, 0.1) is 12.8 Å². The Morgan fingerprint density at radius 1 is 1.12 bits per heavy atom. The number of hydrogen-bond acceptors (Lipinski definition) is 4.